The first kappa shape index (κ1) is 21.2. The van der Waals surface area contributed by atoms with Crippen LogP contribution < -0.4 is 0 Å². The normalized spacial score (nSPS) is 21.6. The molecule has 0 radical (unpaired) electrons. The van der Waals surface area contributed by atoms with Gasteiger partial charge in [0.2, 0.25) is 0 Å². The van der Waals surface area contributed by atoms with Crippen LogP contribution in [0, 0.1) is 0 Å². The highest BCUT2D eigenvalue weighted by molar-refractivity contribution is 6.32. The second-order valence-electron chi connectivity index (χ2n) is 8.71. The molecule has 1 saturated carbocycles. The average molecular weight is 417 g/mol. The van der Waals surface area contributed by atoms with Crippen molar-refractivity contribution in [2.24, 2.45) is 0 Å². The van der Waals surface area contributed by atoms with Crippen molar-refractivity contribution in [2.45, 2.75) is 69.6 Å². The molecule has 3 aliphatic carbocycles. The molecule has 0 aliphatic heterocycles. The molecule has 0 nitrogen and oxygen atoms in total. The standard InChI is InChI=1S/C29H33Cl/c30-28-18-12-6-11-17-27(28)29(25-15-9-4-5-10-16-25)26-21-19-24(20-22-26)23-13-7-2-1-3-8-14-23/h4,6,9-10,12,15-23,29H,1-3,5,7-8,11,13-14H2. The highest BCUT2D eigenvalue weighted by Gasteiger charge is 2.23. The van der Waals surface area contributed by atoms with Crippen LogP contribution >= 0.6 is 11.6 Å². The highest BCUT2D eigenvalue weighted by Crippen LogP contribution is 2.40. The zero-order valence-corrected chi connectivity index (χ0v) is 18.7. The van der Waals surface area contributed by atoms with Crippen molar-refractivity contribution in [2.75, 3.05) is 0 Å². The van der Waals surface area contributed by atoms with Gasteiger partial charge in [-0.1, -0.05) is 117 Å². The molecule has 1 aromatic carbocycles. The predicted molar refractivity (Wildman–Crippen MR) is 131 cm³/mol. The minimum absolute atomic E-state index is 0.166. The van der Waals surface area contributed by atoms with Crippen LogP contribution in [0.1, 0.15) is 80.8 Å². The number of benzene rings is 1. The Hall–Kier alpha value is -2.05. The molecule has 1 aromatic rings. The smallest absolute Gasteiger partial charge is 0.0444 e. The van der Waals surface area contributed by atoms with Gasteiger partial charge in [0, 0.05) is 11.0 Å². The summed E-state index contributed by atoms with van der Waals surface area (Å²) in [5.41, 5.74) is 5.37. The maximum atomic E-state index is 6.75. The first-order valence-electron chi connectivity index (χ1n) is 11.7. The monoisotopic (exact) mass is 416 g/mol. The van der Waals surface area contributed by atoms with E-state index < -0.39 is 0 Å². The van der Waals surface area contributed by atoms with E-state index in [2.05, 4.69) is 72.9 Å². The van der Waals surface area contributed by atoms with Crippen LogP contribution in [0.5, 0.6) is 0 Å². The van der Waals surface area contributed by atoms with E-state index in [9.17, 15) is 0 Å². The van der Waals surface area contributed by atoms with E-state index in [0.29, 0.717) is 0 Å². The quantitative estimate of drug-likeness (QED) is 0.459. The van der Waals surface area contributed by atoms with E-state index in [-0.39, 0.29) is 5.92 Å². The Morgan fingerprint density at radius 3 is 2.27 bits per heavy atom. The van der Waals surface area contributed by atoms with Crippen molar-refractivity contribution < 1.29 is 0 Å². The van der Waals surface area contributed by atoms with Gasteiger partial charge in [0.05, 0.1) is 0 Å². The van der Waals surface area contributed by atoms with Crippen LogP contribution in [-0.4, -0.2) is 0 Å². The third kappa shape index (κ3) is 5.35. The first-order chi connectivity index (χ1) is 14.8. The summed E-state index contributed by atoms with van der Waals surface area (Å²) in [7, 11) is 0. The van der Waals surface area contributed by atoms with Crippen molar-refractivity contribution in [3.63, 3.8) is 0 Å². The first-order valence-corrected chi connectivity index (χ1v) is 12.1. The SMILES string of the molecule is ClC1=CC=CCC=C1C(C1=CC=CCC=C1)c1ccc(C2CCCCCCC2)cc1. The fraction of sp³-hybridized carbons (Fsp3) is 0.379. The van der Waals surface area contributed by atoms with Crippen LogP contribution in [0.4, 0.5) is 0 Å². The summed E-state index contributed by atoms with van der Waals surface area (Å²) in [5.74, 6) is 0.890. The van der Waals surface area contributed by atoms with E-state index in [1.807, 2.05) is 6.08 Å². The van der Waals surface area contributed by atoms with E-state index in [1.54, 1.807) is 0 Å². The number of rotatable bonds is 4. The van der Waals surface area contributed by atoms with Crippen molar-refractivity contribution in [3.05, 3.63) is 106 Å². The van der Waals surface area contributed by atoms with Gasteiger partial charge in [-0.15, -0.1) is 0 Å². The maximum Gasteiger partial charge on any atom is 0.0444 e. The van der Waals surface area contributed by atoms with Gasteiger partial charge in [0.1, 0.15) is 0 Å². The summed E-state index contributed by atoms with van der Waals surface area (Å²) in [5, 5.41) is 0.848. The van der Waals surface area contributed by atoms with Gasteiger partial charge in [0.15, 0.2) is 0 Å². The minimum Gasteiger partial charge on any atom is -0.0840 e. The lowest BCUT2D eigenvalue weighted by Crippen LogP contribution is -2.07. The molecule has 1 fully saturated rings. The van der Waals surface area contributed by atoms with Crippen LogP contribution in [0.25, 0.3) is 0 Å². The topological polar surface area (TPSA) is 0 Å². The number of hydrogen-bond acceptors (Lipinski definition) is 0. The molecule has 0 heterocycles. The molecule has 3 aliphatic rings. The summed E-state index contributed by atoms with van der Waals surface area (Å²) >= 11 is 6.75. The van der Waals surface area contributed by atoms with Gasteiger partial charge in [0.25, 0.3) is 0 Å². The molecule has 0 amide bonds. The fourth-order valence-electron chi connectivity index (χ4n) is 4.97. The molecule has 0 bridgehead atoms. The molecular formula is C29H33Cl. The second kappa shape index (κ2) is 10.8. The summed E-state index contributed by atoms with van der Waals surface area (Å²) in [4.78, 5) is 0. The largest absolute Gasteiger partial charge is 0.0840 e. The van der Waals surface area contributed by atoms with Gasteiger partial charge in [-0.25, -0.2) is 0 Å². The van der Waals surface area contributed by atoms with Gasteiger partial charge < -0.3 is 0 Å². The fourth-order valence-corrected chi connectivity index (χ4v) is 5.22. The van der Waals surface area contributed by atoms with Gasteiger partial charge in [-0.2, -0.15) is 0 Å². The Morgan fingerprint density at radius 2 is 1.47 bits per heavy atom. The third-order valence-corrected chi connectivity index (χ3v) is 6.97. The van der Waals surface area contributed by atoms with Crippen LogP contribution in [0.3, 0.4) is 0 Å². The zero-order valence-electron chi connectivity index (χ0n) is 17.9. The van der Waals surface area contributed by atoms with Gasteiger partial charge in [-0.3, -0.25) is 0 Å². The Bertz CT molecular complexity index is 881. The lowest BCUT2D eigenvalue weighted by Gasteiger charge is -2.24. The van der Waals surface area contributed by atoms with E-state index in [4.69, 9.17) is 11.6 Å². The Balaban J connectivity index is 1.66. The molecule has 0 aromatic heterocycles. The van der Waals surface area contributed by atoms with Crippen molar-refractivity contribution in [1.29, 1.82) is 0 Å². The lowest BCUT2D eigenvalue weighted by molar-refractivity contribution is 0.455. The summed E-state index contributed by atoms with van der Waals surface area (Å²) in [6, 6.07) is 9.48. The Morgan fingerprint density at radius 1 is 0.767 bits per heavy atom. The highest BCUT2D eigenvalue weighted by atomic mass is 35.5. The van der Waals surface area contributed by atoms with Crippen molar-refractivity contribution in [3.8, 4) is 0 Å². The maximum absolute atomic E-state index is 6.75. The minimum atomic E-state index is 0.166. The third-order valence-electron chi connectivity index (χ3n) is 6.63. The van der Waals surface area contributed by atoms with Crippen molar-refractivity contribution >= 4 is 11.6 Å². The molecule has 0 N–H and O–H groups in total. The lowest BCUT2D eigenvalue weighted by atomic mass is 9.81. The van der Waals surface area contributed by atoms with E-state index >= 15 is 0 Å². The van der Waals surface area contributed by atoms with Crippen LogP contribution in [0.2, 0.25) is 0 Å². The van der Waals surface area contributed by atoms with Gasteiger partial charge >= 0.3 is 0 Å². The van der Waals surface area contributed by atoms with E-state index in [0.717, 1.165) is 23.8 Å². The molecule has 0 saturated heterocycles. The molecule has 4 rings (SSSR count). The number of allylic oxidation sites excluding steroid dienone is 12. The Labute approximate surface area is 187 Å². The molecule has 0 spiro atoms. The Kier molecular flexibility index (Phi) is 7.65. The second-order valence-corrected chi connectivity index (χ2v) is 9.12. The van der Waals surface area contributed by atoms with Gasteiger partial charge in [-0.05, 0) is 60.0 Å². The summed E-state index contributed by atoms with van der Waals surface area (Å²) in [6.45, 7) is 0. The number of hydrogen-bond donors (Lipinski definition) is 0. The molecular weight excluding hydrogens is 384 g/mol. The molecule has 1 atom stereocenters. The zero-order chi connectivity index (χ0) is 20.6. The summed E-state index contributed by atoms with van der Waals surface area (Å²) in [6.07, 6.45) is 31.3. The van der Waals surface area contributed by atoms with Crippen molar-refractivity contribution in [1.82, 2.24) is 0 Å². The van der Waals surface area contributed by atoms with E-state index in [1.165, 1.54) is 67.2 Å². The number of halogens is 1. The molecule has 1 heteroatoms. The predicted octanol–water partition coefficient (Wildman–Crippen LogP) is 9.05. The average Bonchev–Trinajstić information content (AvgIpc) is 3.13. The van der Waals surface area contributed by atoms with Crippen LogP contribution in [0.15, 0.2) is 95.1 Å². The summed E-state index contributed by atoms with van der Waals surface area (Å²) < 4.78 is 0. The molecule has 1 unspecified atom stereocenters. The molecule has 30 heavy (non-hydrogen) atoms. The molecule has 156 valence electrons. The van der Waals surface area contributed by atoms with Crippen LogP contribution in [-0.2, 0) is 0 Å².